The van der Waals surface area contributed by atoms with Gasteiger partial charge in [-0.2, -0.15) is 4.99 Å². The summed E-state index contributed by atoms with van der Waals surface area (Å²) in [6.07, 6.45) is 1.69. The van der Waals surface area contributed by atoms with E-state index in [-0.39, 0.29) is 11.1 Å². The zero-order chi connectivity index (χ0) is 24.9. The molecule has 6 nitrogen and oxygen atoms in total. The molecule has 4 rings (SSSR count). The molecule has 0 atom stereocenters. The molecule has 178 valence electrons. The highest BCUT2D eigenvalue weighted by Gasteiger charge is 2.25. The predicted molar refractivity (Wildman–Crippen MR) is 143 cm³/mol. The molecule has 1 aliphatic heterocycles. The van der Waals surface area contributed by atoms with Gasteiger partial charge in [0.05, 0.1) is 12.0 Å². The highest BCUT2D eigenvalue weighted by molar-refractivity contribution is 9.10. The lowest BCUT2D eigenvalue weighted by molar-refractivity contribution is -0.115. The fourth-order valence-electron chi connectivity index (χ4n) is 3.05. The van der Waals surface area contributed by atoms with Crippen LogP contribution >= 0.6 is 50.9 Å². The van der Waals surface area contributed by atoms with Crippen molar-refractivity contribution in [3.8, 4) is 11.5 Å². The van der Waals surface area contributed by atoms with E-state index in [0.29, 0.717) is 48.7 Å². The highest BCUT2D eigenvalue weighted by atomic mass is 79.9. The Labute approximate surface area is 224 Å². The molecule has 35 heavy (non-hydrogen) atoms. The average molecular weight is 592 g/mol. The molecule has 1 saturated heterocycles. The summed E-state index contributed by atoms with van der Waals surface area (Å²) < 4.78 is 12.1. The molecule has 3 aromatic carbocycles. The van der Waals surface area contributed by atoms with Crippen LogP contribution in [-0.4, -0.2) is 24.1 Å². The Hall–Kier alpha value is -2.78. The summed E-state index contributed by atoms with van der Waals surface area (Å²) in [6, 6.07) is 17.3. The molecule has 0 radical (unpaired) electrons. The number of carbonyl (C=O) groups is 2. The standard InChI is InChI=1S/C25H17BrCl2N2O4S/c1-33-20-10-16(19(26)12-21(20)34-13-14-2-6-17(27)7-3-14)11-22-24(32)30-25(35-22)29-23(31)15-4-8-18(28)9-5-15/h2-12H,13H2,1H3,(H,29,30,31,32)/b22-11-. The van der Waals surface area contributed by atoms with Gasteiger partial charge < -0.3 is 14.8 Å². The highest BCUT2D eigenvalue weighted by Crippen LogP contribution is 2.37. The van der Waals surface area contributed by atoms with E-state index in [9.17, 15) is 9.59 Å². The van der Waals surface area contributed by atoms with Gasteiger partial charge in [0.15, 0.2) is 16.7 Å². The smallest absolute Gasteiger partial charge is 0.279 e. The van der Waals surface area contributed by atoms with E-state index in [1.54, 1.807) is 61.7 Å². The normalized spacial score (nSPS) is 15.4. The van der Waals surface area contributed by atoms with Gasteiger partial charge in [-0.3, -0.25) is 9.59 Å². The van der Waals surface area contributed by atoms with Crippen LogP contribution in [0.1, 0.15) is 21.5 Å². The first-order valence-corrected chi connectivity index (χ1v) is 12.5. The number of carbonyl (C=O) groups excluding carboxylic acids is 2. The van der Waals surface area contributed by atoms with Crippen LogP contribution in [-0.2, 0) is 11.4 Å². The van der Waals surface area contributed by atoms with Gasteiger partial charge in [0.25, 0.3) is 11.8 Å². The van der Waals surface area contributed by atoms with Crippen LogP contribution < -0.4 is 14.8 Å². The quantitative estimate of drug-likeness (QED) is 0.321. The third-order valence-corrected chi connectivity index (χ3v) is 6.92. The minimum Gasteiger partial charge on any atom is -0.493 e. The van der Waals surface area contributed by atoms with Gasteiger partial charge in [-0.05, 0) is 77.5 Å². The average Bonchev–Trinajstić information content (AvgIpc) is 3.18. The fraction of sp³-hybridized carbons (Fsp3) is 0.0800. The summed E-state index contributed by atoms with van der Waals surface area (Å²) in [4.78, 5) is 29.2. The lowest BCUT2D eigenvalue weighted by atomic mass is 10.1. The largest absolute Gasteiger partial charge is 0.493 e. The Morgan fingerprint density at radius 1 is 1.06 bits per heavy atom. The SMILES string of the molecule is COc1cc(/C=C2\SC(=NC(=O)c3ccc(Cl)cc3)NC2=O)c(Br)cc1OCc1ccc(Cl)cc1. The maximum Gasteiger partial charge on any atom is 0.279 e. The van der Waals surface area contributed by atoms with Gasteiger partial charge in [-0.15, -0.1) is 0 Å². The molecule has 0 spiro atoms. The second-order valence-corrected chi connectivity index (χ2v) is 9.99. The summed E-state index contributed by atoms with van der Waals surface area (Å²) in [5.74, 6) is 0.211. The van der Waals surface area contributed by atoms with Crippen LogP contribution in [0.2, 0.25) is 10.0 Å². The molecule has 2 amide bonds. The first-order chi connectivity index (χ1) is 16.8. The van der Waals surface area contributed by atoms with Crippen LogP contribution in [0.4, 0.5) is 0 Å². The number of nitrogens with zero attached hydrogens (tertiary/aromatic N) is 1. The summed E-state index contributed by atoms with van der Waals surface area (Å²) >= 11 is 16.4. The van der Waals surface area contributed by atoms with Crippen LogP contribution in [0.25, 0.3) is 6.08 Å². The van der Waals surface area contributed by atoms with Crippen molar-refractivity contribution in [2.24, 2.45) is 4.99 Å². The van der Waals surface area contributed by atoms with Crippen LogP contribution in [0, 0.1) is 0 Å². The van der Waals surface area contributed by atoms with E-state index in [2.05, 4.69) is 26.2 Å². The number of amidine groups is 1. The molecule has 0 saturated carbocycles. The number of benzene rings is 3. The number of aliphatic imine (C=N–C) groups is 1. The number of amides is 2. The topological polar surface area (TPSA) is 77.0 Å². The Balaban J connectivity index is 1.51. The van der Waals surface area contributed by atoms with Crippen molar-refractivity contribution in [2.75, 3.05) is 7.11 Å². The summed E-state index contributed by atoms with van der Waals surface area (Å²) in [7, 11) is 1.54. The van der Waals surface area contributed by atoms with Gasteiger partial charge in [0.2, 0.25) is 0 Å². The number of hydrogen-bond acceptors (Lipinski definition) is 5. The van der Waals surface area contributed by atoms with Gasteiger partial charge in [-0.1, -0.05) is 51.3 Å². The second kappa shape index (κ2) is 11.3. The Bertz CT molecular complexity index is 1340. The van der Waals surface area contributed by atoms with E-state index < -0.39 is 5.91 Å². The zero-order valence-electron chi connectivity index (χ0n) is 18.2. The second-order valence-electron chi connectivity index (χ2n) is 7.23. The van der Waals surface area contributed by atoms with Crippen LogP contribution in [0.5, 0.6) is 11.5 Å². The van der Waals surface area contributed by atoms with E-state index in [4.69, 9.17) is 32.7 Å². The van der Waals surface area contributed by atoms with Crippen molar-refractivity contribution in [1.29, 1.82) is 0 Å². The summed E-state index contributed by atoms with van der Waals surface area (Å²) in [5, 5.41) is 3.99. The molecule has 0 bridgehead atoms. The summed E-state index contributed by atoms with van der Waals surface area (Å²) in [5.41, 5.74) is 2.03. The van der Waals surface area contributed by atoms with Crippen molar-refractivity contribution in [3.63, 3.8) is 0 Å². The molecule has 1 N–H and O–H groups in total. The van der Waals surface area contributed by atoms with Gasteiger partial charge in [-0.25, -0.2) is 0 Å². The van der Waals surface area contributed by atoms with Crippen molar-refractivity contribution >= 4 is 74.0 Å². The molecular weight excluding hydrogens is 575 g/mol. The lowest BCUT2D eigenvalue weighted by Crippen LogP contribution is -2.20. The molecule has 1 heterocycles. The molecule has 0 aromatic heterocycles. The lowest BCUT2D eigenvalue weighted by Gasteiger charge is -2.13. The number of rotatable bonds is 6. The Morgan fingerprint density at radius 3 is 2.37 bits per heavy atom. The first-order valence-electron chi connectivity index (χ1n) is 10.2. The third kappa shape index (κ3) is 6.46. The molecule has 1 aliphatic rings. The molecule has 0 unspecified atom stereocenters. The maximum atomic E-state index is 12.5. The van der Waals surface area contributed by atoms with E-state index in [1.807, 2.05) is 12.1 Å². The Morgan fingerprint density at radius 2 is 1.71 bits per heavy atom. The number of methoxy groups -OCH3 is 1. The van der Waals surface area contributed by atoms with Gasteiger partial charge in [0, 0.05) is 20.1 Å². The number of hydrogen-bond donors (Lipinski definition) is 1. The van der Waals surface area contributed by atoms with Crippen LogP contribution in [0.15, 0.2) is 75.0 Å². The van der Waals surface area contributed by atoms with Crippen LogP contribution in [0.3, 0.4) is 0 Å². The monoisotopic (exact) mass is 590 g/mol. The van der Waals surface area contributed by atoms with E-state index >= 15 is 0 Å². The molecule has 3 aromatic rings. The molecule has 10 heteroatoms. The molecule has 1 fully saturated rings. The van der Waals surface area contributed by atoms with Crippen molar-refractivity contribution in [1.82, 2.24) is 5.32 Å². The van der Waals surface area contributed by atoms with Crippen molar-refractivity contribution < 1.29 is 19.1 Å². The maximum absolute atomic E-state index is 12.5. The first kappa shape index (κ1) is 25.3. The minimum absolute atomic E-state index is 0.201. The fourth-order valence-corrected chi connectivity index (χ4v) is 4.55. The minimum atomic E-state index is -0.476. The molecular formula is C25H17BrCl2N2O4S. The summed E-state index contributed by atoms with van der Waals surface area (Å²) in [6.45, 7) is 0.333. The van der Waals surface area contributed by atoms with E-state index in [0.717, 1.165) is 17.3 Å². The number of halogens is 3. The van der Waals surface area contributed by atoms with Crippen molar-refractivity contribution in [3.05, 3.63) is 96.8 Å². The zero-order valence-corrected chi connectivity index (χ0v) is 22.1. The number of nitrogens with one attached hydrogen (secondary N) is 1. The number of thioether (sulfide) groups is 1. The van der Waals surface area contributed by atoms with E-state index in [1.165, 1.54) is 0 Å². The Kier molecular flexibility index (Phi) is 8.18. The van der Waals surface area contributed by atoms with Gasteiger partial charge in [0.1, 0.15) is 6.61 Å². The predicted octanol–water partition coefficient (Wildman–Crippen LogP) is 6.74. The molecule has 0 aliphatic carbocycles. The third-order valence-electron chi connectivity index (χ3n) is 4.82. The number of ether oxygens (including phenoxy) is 2. The van der Waals surface area contributed by atoms with Crippen molar-refractivity contribution in [2.45, 2.75) is 6.61 Å². The van der Waals surface area contributed by atoms with Gasteiger partial charge >= 0.3 is 0 Å².